The van der Waals surface area contributed by atoms with Gasteiger partial charge in [-0.15, -0.1) is 0 Å². The van der Waals surface area contributed by atoms with Crippen LogP contribution in [0.4, 0.5) is 0 Å². The molecule has 0 fully saturated rings. The third-order valence-corrected chi connectivity index (χ3v) is 5.62. The van der Waals surface area contributed by atoms with Gasteiger partial charge >= 0.3 is 0 Å². The summed E-state index contributed by atoms with van der Waals surface area (Å²) in [6, 6.07) is 20.4. The van der Waals surface area contributed by atoms with Crippen LogP contribution in [0.1, 0.15) is 31.8 Å². The molecule has 5 rings (SSSR count). The van der Waals surface area contributed by atoms with Crippen LogP contribution < -0.4 is 14.8 Å². The van der Waals surface area contributed by atoms with Crippen molar-refractivity contribution in [2.45, 2.75) is 19.0 Å². The molecule has 0 saturated carbocycles. The summed E-state index contributed by atoms with van der Waals surface area (Å²) in [5, 5.41) is 2.87. The van der Waals surface area contributed by atoms with E-state index >= 15 is 0 Å². The van der Waals surface area contributed by atoms with Gasteiger partial charge in [0.05, 0.1) is 11.1 Å². The molecule has 3 aromatic rings. The fourth-order valence-corrected chi connectivity index (χ4v) is 3.99. The van der Waals surface area contributed by atoms with Gasteiger partial charge in [-0.3, -0.25) is 19.3 Å². The lowest BCUT2D eigenvalue weighted by Crippen LogP contribution is -2.50. The Labute approximate surface area is 184 Å². The van der Waals surface area contributed by atoms with Crippen LogP contribution in [0.15, 0.2) is 72.8 Å². The number of ether oxygens (including phenoxy) is 2. The van der Waals surface area contributed by atoms with Crippen molar-refractivity contribution in [2.24, 2.45) is 0 Å². The smallest absolute Gasteiger partial charge is 0.262 e. The fourth-order valence-electron chi connectivity index (χ4n) is 3.99. The summed E-state index contributed by atoms with van der Waals surface area (Å²) >= 11 is 0. The summed E-state index contributed by atoms with van der Waals surface area (Å²) in [6.45, 7) is 0.397. The lowest BCUT2D eigenvalue weighted by molar-refractivity contribution is -0.125. The number of hydrogen-bond acceptors (Lipinski definition) is 5. The molecule has 7 nitrogen and oxygen atoms in total. The summed E-state index contributed by atoms with van der Waals surface area (Å²) in [7, 11) is 0. The van der Waals surface area contributed by atoms with E-state index in [1.165, 1.54) is 0 Å². The molecule has 1 N–H and O–H groups in total. The Bertz CT molecular complexity index is 1170. The second-order valence-electron chi connectivity index (χ2n) is 7.64. The van der Waals surface area contributed by atoms with E-state index < -0.39 is 23.8 Å². The molecular weight excluding hydrogens is 408 g/mol. The molecule has 7 heteroatoms. The van der Waals surface area contributed by atoms with Crippen LogP contribution in [-0.4, -0.2) is 35.5 Å². The molecule has 3 amide bonds. The Morgan fingerprint density at radius 3 is 2.22 bits per heavy atom. The Kier molecular flexibility index (Phi) is 5.07. The number of carbonyl (C=O) groups is 3. The van der Waals surface area contributed by atoms with Crippen molar-refractivity contribution < 1.29 is 23.9 Å². The second-order valence-corrected chi connectivity index (χ2v) is 7.64. The summed E-state index contributed by atoms with van der Waals surface area (Å²) in [6.07, 6.45) is 0.222. The molecule has 32 heavy (non-hydrogen) atoms. The fraction of sp³-hybridized carbons (Fsp3) is 0.160. The highest BCUT2D eigenvalue weighted by molar-refractivity contribution is 6.22. The molecule has 3 aromatic carbocycles. The number of nitrogens with zero attached hydrogens (tertiary/aromatic N) is 1. The van der Waals surface area contributed by atoms with Gasteiger partial charge < -0.3 is 14.8 Å². The molecule has 2 aliphatic rings. The third-order valence-electron chi connectivity index (χ3n) is 5.62. The van der Waals surface area contributed by atoms with Crippen molar-refractivity contribution in [2.75, 3.05) is 6.79 Å². The van der Waals surface area contributed by atoms with Gasteiger partial charge in [-0.25, -0.2) is 0 Å². The molecular formula is C25H20N2O5. The lowest BCUT2D eigenvalue weighted by Gasteiger charge is -2.25. The first-order valence-corrected chi connectivity index (χ1v) is 10.3. The Morgan fingerprint density at radius 2 is 1.50 bits per heavy atom. The lowest BCUT2D eigenvalue weighted by atomic mass is 10.0. The summed E-state index contributed by atoms with van der Waals surface area (Å²) in [5.41, 5.74) is 2.31. The summed E-state index contributed by atoms with van der Waals surface area (Å²) < 4.78 is 10.7. The molecule has 0 bridgehead atoms. The van der Waals surface area contributed by atoms with Crippen molar-refractivity contribution in [1.82, 2.24) is 10.2 Å². The highest BCUT2D eigenvalue weighted by atomic mass is 16.7. The van der Waals surface area contributed by atoms with Gasteiger partial charge in [-0.2, -0.15) is 0 Å². The highest BCUT2D eigenvalue weighted by Crippen LogP contribution is 2.32. The third kappa shape index (κ3) is 3.58. The second kappa shape index (κ2) is 8.19. The van der Waals surface area contributed by atoms with Gasteiger partial charge in [-0.1, -0.05) is 48.5 Å². The predicted molar refractivity (Wildman–Crippen MR) is 115 cm³/mol. The molecule has 1 atom stereocenters. The van der Waals surface area contributed by atoms with E-state index in [1.54, 1.807) is 36.4 Å². The predicted octanol–water partition coefficient (Wildman–Crippen LogP) is 2.94. The van der Waals surface area contributed by atoms with Crippen LogP contribution in [0.3, 0.4) is 0 Å². The normalized spacial score (nSPS) is 14.9. The minimum Gasteiger partial charge on any atom is -0.454 e. The molecule has 0 saturated heterocycles. The number of imide groups is 1. The number of carbonyl (C=O) groups excluding carboxylic acids is 3. The first-order valence-electron chi connectivity index (χ1n) is 10.3. The van der Waals surface area contributed by atoms with Crippen molar-refractivity contribution in [1.29, 1.82) is 0 Å². The molecule has 1 unspecified atom stereocenters. The average molecular weight is 428 g/mol. The molecule has 2 aliphatic heterocycles. The first kappa shape index (κ1) is 19.8. The minimum atomic E-state index is -0.973. The van der Waals surface area contributed by atoms with E-state index in [4.69, 9.17) is 9.47 Å². The summed E-state index contributed by atoms with van der Waals surface area (Å²) in [5.74, 6) is -0.0264. The molecule has 0 spiro atoms. The maximum atomic E-state index is 13.3. The van der Waals surface area contributed by atoms with Crippen molar-refractivity contribution in [3.8, 4) is 11.5 Å². The average Bonchev–Trinajstić information content (AvgIpc) is 3.39. The molecule has 0 radical (unpaired) electrons. The van der Waals surface area contributed by atoms with Gasteiger partial charge in [0.1, 0.15) is 6.04 Å². The zero-order valence-electron chi connectivity index (χ0n) is 17.1. The molecule has 0 aromatic heterocycles. The molecule has 0 aliphatic carbocycles. The van der Waals surface area contributed by atoms with Crippen LogP contribution >= 0.6 is 0 Å². The van der Waals surface area contributed by atoms with E-state index in [0.717, 1.165) is 16.0 Å². The standard InChI is InChI=1S/C25H20N2O5/c28-23(26-14-17-10-11-21-22(13-17)32-15-31-21)20(12-16-6-2-1-3-7-16)27-24(29)18-8-4-5-9-19(18)25(27)30/h1-11,13,20H,12,14-15H2,(H,26,28). The number of fused-ring (bicyclic) bond motifs is 2. The minimum absolute atomic E-state index is 0.171. The Morgan fingerprint density at radius 1 is 0.844 bits per heavy atom. The van der Waals surface area contributed by atoms with Crippen molar-refractivity contribution in [3.63, 3.8) is 0 Å². The number of rotatable bonds is 6. The van der Waals surface area contributed by atoms with E-state index in [0.29, 0.717) is 22.6 Å². The van der Waals surface area contributed by atoms with Crippen molar-refractivity contribution >= 4 is 17.7 Å². The number of amides is 3. The highest BCUT2D eigenvalue weighted by Gasteiger charge is 2.42. The summed E-state index contributed by atoms with van der Waals surface area (Å²) in [4.78, 5) is 40.4. The van der Waals surface area contributed by atoms with Gasteiger partial charge in [0, 0.05) is 13.0 Å². The van der Waals surface area contributed by atoms with Crippen LogP contribution in [-0.2, 0) is 17.8 Å². The zero-order chi connectivity index (χ0) is 22.1. The van der Waals surface area contributed by atoms with Crippen molar-refractivity contribution in [3.05, 3.63) is 95.1 Å². The van der Waals surface area contributed by atoms with Crippen LogP contribution in [0.5, 0.6) is 11.5 Å². The topological polar surface area (TPSA) is 84.9 Å². The van der Waals surface area contributed by atoms with Crippen LogP contribution in [0, 0.1) is 0 Å². The van der Waals surface area contributed by atoms with Crippen LogP contribution in [0.2, 0.25) is 0 Å². The van der Waals surface area contributed by atoms with Gasteiger partial charge in [0.2, 0.25) is 12.7 Å². The Hall–Kier alpha value is -4.13. The number of hydrogen-bond donors (Lipinski definition) is 1. The SMILES string of the molecule is O=C(NCc1ccc2c(c1)OCO2)C(Cc1ccccc1)N1C(=O)c2ccccc2C1=O. The van der Waals surface area contributed by atoms with Gasteiger partial charge in [0.25, 0.3) is 11.8 Å². The van der Waals surface area contributed by atoms with E-state index in [1.807, 2.05) is 36.4 Å². The monoisotopic (exact) mass is 428 g/mol. The Balaban J connectivity index is 1.39. The zero-order valence-corrected chi connectivity index (χ0v) is 17.1. The largest absolute Gasteiger partial charge is 0.454 e. The first-order chi connectivity index (χ1) is 15.6. The van der Waals surface area contributed by atoms with E-state index in [-0.39, 0.29) is 19.8 Å². The number of nitrogens with one attached hydrogen (secondary N) is 1. The molecule has 160 valence electrons. The van der Waals surface area contributed by atoms with Gasteiger partial charge in [0.15, 0.2) is 11.5 Å². The van der Waals surface area contributed by atoms with Gasteiger partial charge in [-0.05, 0) is 35.4 Å². The maximum Gasteiger partial charge on any atom is 0.262 e. The molecule has 2 heterocycles. The van der Waals surface area contributed by atoms with E-state index in [2.05, 4.69) is 5.32 Å². The maximum absolute atomic E-state index is 13.3. The van der Waals surface area contributed by atoms with E-state index in [9.17, 15) is 14.4 Å². The quantitative estimate of drug-likeness (QED) is 0.611. The number of benzene rings is 3. The van der Waals surface area contributed by atoms with Crippen LogP contribution in [0.25, 0.3) is 0 Å².